The van der Waals surface area contributed by atoms with E-state index in [0.29, 0.717) is 19.4 Å². The Morgan fingerprint density at radius 1 is 1.29 bits per heavy atom. The van der Waals surface area contributed by atoms with Gasteiger partial charge in [-0.3, -0.25) is 9.59 Å². The van der Waals surface area contributed by atoms with Gasteiger partial charge in [0.15, 0.2) is 0 Å². The Kier molecular flexibility index (Phi) is 4.52. The third kappa shape index (κ3) is 2.99. The first-order valence-electron chi connectivity index (χ1n) is 8.75. The Hall–Kier alpha value is -2.04. The summed E-state index contributed by atoms with van der Waals surface area (Å²) >= 11 is 0. The van der Waals surface area contributed by atoms with Gasteiger partial charge in [-0.15, -0.1) is 0 Å². The van der Waals surface area contributed by atoms with Gasteiger partial charge < -0.3 is 15.0 Å². The minimum Gasteiger partial charge on any atom is -0.493 e. The summed E-state index contributed by atoms with van der Waals surface area (Å²) in [5, 5.41) is 3.13. The number of hydrogen-bond donors (Lipinski definition) is 1. The van der Waals surface area contributed by atoms with Crippen molar-refractivity contribution in [2.75, 3.05) is 13.7 Å². The van der Waals surface area contributed by atoms with E-state index in [0.717, 1.165) is 24.2 Å². The monoisotopic (exact) mass is 330 g/mol. The molecule has 0 saturated heterocycles. The number of fused-ring (bicyclic) bond motifs is 1. The van der Waals surface area contributed by atoms with Crippen molar-refractivity contribution in [2.45, 2.75) is 51.6 Å². The number of rotatable bonds is 4. The van der Waals surface area contributed by atoms with Crippen LogP contribution in [0.3, 0.4) is 0 Å². The first-order valence-corrected chi connectivity index (χ1v) is 8.75. The first-order chi connectivity index (χ1) is 11.5. The topological polar surface area (TPSA) is 58.6 Å². The molecule has 24 heavy (non-hydrogen) atoms. The number of para-hydroxylation sites is 1. The maximum atomic E-state index is 12.9. The molecule has 1 heterocycles. The van der Waals surface area contributed by atoms with Crippen molar-refractivity contribution in [1.82, 2.24) is 10.2 Å². The molecule has 1 N–H and O–H groups in total. The highest BCUT2D eigenvalue weighted by Crippen LogP contribution is 2.48. The Labute approximate surface area is 143 Å². The number of carbonyl (C=O) groups excluding carboxylic acids is 2. The van der Waals surface area contributed by atoms with Crippen LogP contribution in [0.15, 0.2) is 24.3 Å². The highest BCUT2D eigenvalue weighted by atomic mass is 16.5. The minimum absolute atomic E-state index is 0.0619. The van der Waals surface area contributed by atoms with Crippen molar-refractivity contribution in [3.63, 3.8) is 0 Å². The Morgan fingerprint density at radius 3 is 2.67 bits per heavy atom. The summed E-state index contributed by atoms with van der Waals surface area (Å²) in [6.07, 6.45) is 2.98. The van der Waals surface area contributed by atoms with E-state index in [9.17, 15) is 9.59 Å². The second-order valence-corrected chi connectivity index (χ2v) is 7.15. The fourth-order valence-electron chi connectivity index (χ4n) is 3.21. The van der Waals surface area contributed by atoms with Crippen LogP contribution in [0.5, 0.6) is 5.75 Å². The molecule has 1 atom stereocenters. The summed E-state index contributed by atoms with van der Waals surface area (Å²) in [5.74, 6) is 0.630. The van der Waals surface area contributed by atoms with Crippen molar-refractivity contribution in [3.8, 4) is 5.75 Å². The molecule has 1 aromatic rings. The molecule has 1 unspecified atom stereocenters. The van der Waals surface area contributed by atoms with Gasteiger partial charge in [0.05, 0.1) is 12.6 Å². The SMILES string of the molecule is CC(C)N(C)C(=O)C1(C(=O)NC2CCCOc3ccccc32)CC1. The lowest BCUT2D eigenvalue weighted by Gasteiger charge is -2.28. The molecule has 5 heteroatoms. The highest BCUT2D eigenvalue weighted by Gasteiger charge is 2.58. The van der Waals surface area contributed by atoms with Crippen molar-refractivity contribution >= 4 is 11.8 Å². The molecule has 1 aliphatic carbocycles. The molecule has 130 valence electrons. The van der Waals surface area contributed by atoms with Crippen LogP contribution in [0, 0.1) is 5.41 Å². The lowest BCUT2D eigenvalue weighted by molar-refractivity contribution is -0.144. The van der Waals surface area contributed by atoms with E-state index in [1.807, 2.05) is 38.1 Å². The quantitative estimate of drug-likeness (QED) is 0.864. The molecule has 0 aromatic heterocycles. The fraction of sp³-hybridized carbons (Fsp3) is 0.579. The molecule has 0 spiro atoms. The van der Waals surface area contributed by atoms with Gasteiger partial charge in [0.2, 0.25) is 11.8 Å². The molecule has 3 rings (SSSR count). The molecule has 1 aromatic carbocycles. The molecule has 1 saturated carbocycles. The van der Waals surface area contributed by atoms with Gasteiger partial charge in [-0.1, -0.05) is 18.2 Å². The molecule has 1 aliphatic heterocycles. The van der Waals surface area contributed by atoms with Crippen molar-refractivity contribution < 1.29 is 14.3 Å². The van der Waals surface area contributed by atoms with Crippen LogP contribution in [-0.4, -0.2) is 36.4 Å². The summed E-state index contributed by atoms with van der Waals surface area (Å²) in [7, 11) is 1.77. The van der Waals surface area contributed by atoms with Crippen LogP contribution in [0.4, 0.5) is 0 Å². The molecule has 2 amide bonds. The third-order valence-corrected chi connectivity index (χ3v) is 5.18. The Balaban J connectivity index is 1.77. The molecule has 0 bridgehead atoms. The van der Waals surface area contributed by atoms with Crippen LogP contribution in [-0.2, 0) is 9.59 Å². The first kappa shape index (κ1) is 16.8. The average molecular weight is 330 g/mol. The predicted octanol–water partition coefficient (Wildman–Crippen LogP) is 2.66. The lowest BCUT2D eigenvalue weighted by Crippen LogP contribution is -2.46. The molecular weight excluding hydrogens is 304 g/mol. The summed E-state index contributed by atoms with van der Waals surface area (Å²) in [4.78, 5) is 27.3. The average Bonchev–Trinajstić information content (AvgIpc) is 3.39. The molecule has 1 fully saturated rings. The number of nitrogens with zero attached hydrogens (tertiary/aromatic N) is 1. The zero-order chi connectivity index (χ0) is 17.3. The van der Waals surface area contributed by atoms with Gasteiger partial charge in [0.1, 0.15) is 11.2 Å². The number of carbonyl (C=O) groups is 2. The lowest BCUT2D eigenvalue weighted by atomic mass is 9.98. The van der Waals surface area contributed by atoms with Crippen molar-refractivity contribution in [1.29, 1.82) is 0 Å². The van der Waals surface area contributed by atoms with Crippen LogP contribution >= 0.6 is 0 Å². The third-order valence-electron chi connectivity index (χ3n) is 5.18. The Bertz CT molecular complexity index is 637. The second kappa shape index (κ2) is 6.46. The Morgan fingerprint density at radius 2 is 2.00 bits per heavy atom. The van der Waals surface area contributed by atoms with E-state index in [-0.39, 0.29) is 23.9 Å². The van der Waals surface area contributed by atoms with Gasteiger partial charge in [-0.2, -0.15) is 0 Å². The fourth-order valence-corrected chi connectivity index (χ4v) is 3.21. The van der Waals surface area contributed by atoms with Gasteiger partial charge >= 0.3 is 0 Å². The van der Waals surface area contributed by atoms with E-state index in [4.69, 9.17) is 4.74 Å². The van der Waals surface area contributed by atoms with Crippen LogP contribution in [0.2, 0.25) is 0 Å². The number of amides is 2. The second-order valence-electron chi connectivity index (χ2n) is 7.15. The number of hydrogen-bond acceptors (Lipinski definition) is 3. The van der Waals surface area contributed by atoms with E-state index >= 15 is 0 Å². The van der Waals surface area contributed by atoms with Crippen molar-refractivity contribution in [2.24, 2.45) is 5.41 Å². The summed E-state index contributed by atoms with van der Waals surface area (Å²) in [6, 6.07) is 7.82. The number of benzene rings is 1. The normalized spacial score (nSPS) is 21.2. The maximum absolute atomic E-state index is 12.9. The van der Waals surface area contributed by atoms with E-state index in [2.05, 4.69) is 5.32 Å². The molecular formula is C19H26N2O3. The van der Waals surface area contributed by atoms with E-state index in [1.54, 1.807) is 11.9 Å². The summed E-state index contributed by atoms with van der Waals surface area (Å²) in [6.45, 7) is 4.58. The highest BCUT2D eigenvalue weighted by molar-refractivity contribution is 6.08. The summed E-state index contributed by atoms with van der Waals surface area (Å²) < 4.78 is 5.75. The zero-order valence-electron chi connectivity index (χ0n) is 14.7. The molecule has 2 aliphatic rings. The van der Waals surface area contributed by atoms with Crippen molar-refractivity contribution in [3.05, 3.63) is 29.8 Å². The van der Waals surface area contributed by atoms with Gasteiger partial charge in [0.25, 0.3) is 0 Å². The van der Waals surface area contributed by atoms with Gasteiger partial charge in [-0.05, 0) is 45.6 Å². The van der Waals surface area contributed by atoms with E-state index in [1.165, 1.54) is 0 Å². The smallest absolute Gasteiger partial charge is 0.238 e. The van der Waals surface area contributed by atoms with Gasteiger partial charge in [-0.25, -0.2) is 0 Å². The summed E-state index contributed by atoms with van der Waals surface area (Å²) in [5.41, 5.74) is 0.144. The molecule has 5 nitrogen and oxygen atoms in total. The largest absolute Gasteiger partial charge is 0.493 e. The van der Waals surface area contributed by atoms with Crippen LogP contribution in [0.1, 0.15) is 51.1 Å². The minimum atomic E-state index is -0.860. The number of nitrogens with one attached hydrogen (secondary N) is 1. The number of ether oxygens (including phenoxy) is 1. The standard InChI is InChI=1S/C19H26N2O3/c1-13(2)21(3)18(23)19(10-11-19)17(22)20-15-8-6-12-24-16-9-5-4-7-14(15)16/h4-5,7,9,13,15H,6,8,10-12H2,1-3H3,(H,20,22). The zero-order valence-corrected chi connectivity index (χ0v) is 14.7. The predicted molar refractivity (Wildman–Crippen MR) is 91.6 cm³/mol. The maximum Gasteiger partial charge on any atom is 0.238 e. The van der Waals surface area contributed by atoms with E-state index < -0.39 is 5.41 Å². The van der Waals surface area contributed by atoms with Crippen LogP contribution < -0.4 is 10.1 Å². The molecule has 0 radical (unpaired) electrons. The van der Waals surface area contributed by atoms with Crippen LogP contribution in [0.25, 0.3) is 0 Å². The van der Waals surface area contributed by atoms with Gasteiger partial charge in [0, 0.05) is 18.7 Å².